The largest absolute Gasteiger partial charge is 0.333 e. The zero-order valence-corrected chi connectivity index (χ0v) is 14.3. The van der Waals surface area contributed by atoms with Crippen LogP contribution in [0.15, 0.2) is 52.4 Å². The van der Waals surface area contributed by atoms with E-state index in [2.05, 4.69) is 19.9 Å². The molecule has 0 amide bonds. The van der Waals surface area contributed by atoms with E-state index in [9.17, 15) is 4.79 Å². The fourth-order valence-electron chi connectivity index (χ4n) is 2.53. The van der Waals surface area contributed by atoms with Crippen molar-refractivity contribution in [1.82, 2.24) is 19.9 Å². The van der Waals surface area contributed by atoms with E-state index in [1.54, 1.807) is 6.07 Å². The molecule has 2 heterocycles. The molecule has 0 saturated carbocycles. The van der Waals surface area contributed by atoms with Gasteiger partial charge in [0.2, 0.25) is 0 Å². The molecular weight excluding hydrogens is 344 g/mol. The Morgan fingerprint density at radius 2 is 1.92 bits per heavy atom. The molecule has 2 aromatic carbocycles. The Labute approximate surface area is 146 Å². The standard InChI is InChI=1S/C17H13ClN4OS/c1-9(15-19-12-5-3-2-4-11(12)16(23)22-15)24-17-20-13-7-6-10(18)8-14(13)21-17/h2-9H,1H3,(H,20,21)(H,19,22,23). The average molecular weight is 357 g/mol. The van der Waals surface area contributed by atoms with Gasteiger partial charge < -0.3 is 9.97 Å². The highest BCUT2D eigenvalue weighted by atomic mass is 35.5. The van der Waals surface area contributed by atoms with Gasteiger partial charge in [-0.05, 0) is 37.3 Å². The van der Waals surface area contributed by atoms with Crippen molar-refractivity contribution in [3.63, 3.8) is 0 Å². The van der Waals surface area contributed by atoms with Gasteiger partial charge in [-0.3, -0.25) is 4.79 Å². The van der Waals surface area contributed by atoms with Gasteiger partial charge in [-0.2, -0.15) is 0 Å². The number of nitrogens with zero attached hydrogens (tertiary/aromatic N) is 2. The minimum atomic E-state index is -0.126. The molecule has 1 unspecified atom stereocenters. The number of aromatic nitrogens is 4. The molecule has 7 heteroatoms. The number of fused-ring (bicyclic) bond motifs is 2. The first-order chi connectivity index (χ1) is 11.6. The molecule has 0 aliphatic heterocycles. The third-order valence-corrected chi connectivity index (χ3v) is 4.96. The molecule has 120 valence electrons. The van der Waals surface area contributed by atoms with Crippen molar-refractivity contribution in [1.29, 1.82) is 0 Å². The molecule has 1 atom stereocenters. The molecule has 0 spiro atoms. The molecule has 24 heavy (non-hydrogen) atoms. The average Bonchev–Trinajstić information content (AvgIpc) is 2.96. The van der Waals surface area contributed by atoms with Gasteiger partial charge >= 0.3 is 0 Å². The maximum Gasteiger partial charge on any atom is 0.258 e. The first-order valence-corrected chi connectivity index (χ1v) is 8.67. The van der Waals surface area contributed by atoms with Crippen molar-refractivity contribution in [3.8, 4) is 0 Å². The number of nitrogens with one attached hydrogen (secondary N) is 2. The van der Waals surface area contributed by atoms with Gasteiger partial charge in [-0.1, -0.05) is 35.5 Å². The Bertz CT molecular complexity index is 1100. The zero-order valence-electron chi connectivity index (χ0n) is 12.7. The molecule has 0 fully saturated rings. The van der Waals surface area contributed by atoms with Crippen LogP contribution in [0.1, 0.15) is 18.0 Å². The number of H-pyrrole nitrogens is 2. The minimum Gasteiger partial charge on any atom is -0.333 e. The Balaban J connectivity index is 1.67. The summed E-state index contributed by atoms with van der Waals surface area (Å²) in [6.45, 7) is 1.98. The summed E-state index contributed by atoms with van der Waals surface area (Å²) >= 11 is 7.50. The summed E-state index contributed by atoms with van der Waals surface area (Å²) in [6, 6.07) is 12.8. The van der Waals surface area contributed by atoms with E-state index in [0.29, 0.717) is 21.7 Å². The second-order valence-electron chi connectivity index (χ2n) is 5.43. The maximum absolute atomic E-state index is 12.2. The fraction of sp³-hybridized carbons (Fsp3) is 0.118. The van der Waals surface area contributed by atoms with Crippen LogP contribution in [0.2, 0.25) is 5.02 Å². The quantitative estimate of drug-likeness (QED) is 0.536. The Morgan fingerprint density at radius 3 is 2.79 bits per heavy atom. The summed E-state index contributed by atoms with van der Waals surface area (Å²) in [4.78, 5) is 27.4. The number of imidazole rings is 1. The molecule has 0 aliphatic carbocycles. The van der Waals surface area contributed by atoms with Crippen LogP contribution in [0.25, 0.3) is 21.9 Å². The van der Waals surface area contributed by atoms with Gasteiger partial charge in [-0.25, -0.2) is 9.97 Å². The van der Waals surface area contributed by atoms with E-state index in [-0.39, 0.29) is 10.8 Å². The third-order valence-electron chi connectivity index (χ3n) is 3.73. The van der Waals surface area contributed by atoms with Crippen LogP contribution in [0.5, 0.6) is 0 Å². The molecular formula is C17H13ClN4OS. The highest BCUT2D eigenvalue weighted by Crippen LogP contribution is 2.32. The lowest BCUT2D eigenvalue weighted by molar-refractivity contribution is 0.914. The Kier molecular flexibility index (Phi) is 3.78. The molecule has 2 N–H and O–H groups in total. The van der Waals surface area contributed by atoms with Crippen molar-refractivity contribution in [2.45, 2.75) is 17.3 Å². The molecule has 4 aromatic rings. The van der Waals surface area contributed by atoms with Gasteiger partial charge in [0, 0.05) is 5.02 Å². The van der Waals surface area contributed by atoms with Crippen LogP contribution in [0.3, 0.4) is 0 Å². The zero-order chi connectivity index (χ0) is 16.7. The second kappa shape index (κ2) is 5.96. The van der Waals surface area contributed by atoms with Crippen LogP contribution in [0.4, 0.5) is 0 Å². The number of rotatable bonds is 3. The van der Waals surface area contributed by atoms with E-state index in [1.165, 1.54) is 11.8 Å². The van der Waals surface area contributed by atoms with Crippen LogP contribution in [-0.4, -0.2) is 19.9 Å². The van der Waals surface area contributed by atoms with Gasteiger partial charge in [0.25, 0.3) is 5.56 Å². The summed E-state index contributed by atoms with van der Waals surface area (Å²) in [5, 5.41) is 1.96. The van der Waals surface area contributed by atoms with Crippen molar-refractivity contribution in [3.05, 3.63) is 63.7 Å². The normalized spacial score (nSPS) is 12.8. The lowest BCUT2D eigenvalue weighted by atomic mass is 10.2. The van der Waals surface area contributed by atoms with Crippen molar-refractivity contribution in [2.24, 2.45) is 0 Å². The molecule has 0 radical (unpaired) electrons. The second-order valence-corrected chi connectivity index (χ2v) is 7.20. The van der Waals surface area contributed by atoms with Crippen LogP contribution >= 0.6 is 23.4 Å². The van der Waals surface area contributed by atoms with E-state index in [4.69, 9.17) is 11.6 Å². The van der Waals surface area contributed by atoms with Crippen molar-refractivity contribution >= 4 is 45.3 Å². The molecule has 2 aromatic heterocycles. The summed E-state index contributed by atoms with van der Waals surface area (Å²) in [6.07, 6.45) is 0. The molecule has 5 nitrogen and oxygen atoms in total. The number of hydrogen-bond acceptors (Lipinski definition) is 4. The number of hydrogen-bond donors (Lipinski definition) is 2. The summed E-state index contributed by atoms with van der Waals surface area (Å²) in [7, 11) is 0. The molecule has 0 bridgehead atoms. The minimum absolute atomic E-state index is 0.0571. The van der Waals surface area contributed by atoms with Gasteiger partial charge in [0.05, 0.1) is 27.2 Å². The monoisotopic (exact) mass is 356 g/mol. The Hall–Kier alpha value is -2.31. The maximum atomic E-state index is 12.2. The van der Waals surface area contributed by atoms with Crippen LogP contribution in [0, 0.1) is 0 Å². The highest BCUT2D eigenvalue weighted by Gasteiger charge is 2.14. The molecule has 4 rings (SSSR count). The van der Waals surface area contributed by atoms with Gasteiger partial charge in [0.15, 0.2) is 5.16 Å². The fourth-order valence-corrected chi connectivity index (χ4v) is 3.58. The predicted molar refractivity (Wildman–Crippen MR) is 97.7 cm³/mol. The third kappa shape index (κ3) is 2.79. The van der Waals surface area contributed by atoms with Crippen LogP contribution in [-0.2, 0) is 0 Å². The lowest BCUT2D eigenvalue weighted by Gasteiger charge is -2.09. The predicted octanol–water partition coefficient (Wildman–Crippen LogP) is 4.31. The SMILES string of the molecule is CC(Sc1nc2ccc(Cl)cc2[nH]1)c1nc2ccccc2c(=O)[nH]1. The summed E-state index contributed by atoms with van der Waals surface area (Å²) < 4.78 is 0. The number of para-hydroxylation sites is 1. The van der Waals surface area contributed by atoms with Crippen molar-refractivity contribution < 1.29 is 0 Å². The molecule has 0 aliphatic rings. The first-order valence-electron chi connectivity index (χ1n) is 7.41. The van der Waals surface area contributed by atoms with Gasteiger partial charge in [0.1, 0.15) is 5.82 Å². The van der Waals surface area contributed by atoms with E-state index in [1.807, 2.05) is 43.3 Å². The number of thioether (sulfide) groups is 1. The number of aromatic amines is 2. The van der Waals surface area contributed by atoms with E-state index >= 15 is 0 Å². The van der Waals surface area contributed by atoms with E-state index < -0.39 is 0 Å². The van der Waals surface area contributed by atoms with Crippen molar-refractivity contribution in [2.75, 3.05) is 0 Å². The Morgan fingerprint density at radius 1 is 1.08 bits per heavy atom. The topological polar surface area (TPSA) is 74.4 Å². The summed E-state index contributed by atoms with van der Waals surface area (Å²) in [5.74, 6) is 0.627. The lowest BCUT2D eigenvalue weighted by Crippen LogP contribution is -2.12. The number of halogens is 1. The highest BCUT2D eigenvalue weighted by molar-refractivity contribution is 7.99. The molecule has 0 saturated heterocycles. The summed E-state index contributed by atoms with van der Waals surface area (Å²) in [5.41, 5.74) is 2.31. The smallest absolute Gasteiger partial charge is 0.258 e. The van der Waals surface area contributed by atoms with Crippen LogP contribution < -0.4 is 5.56 Å². The number of benzene rings is 2. The van der Waals surface area contributed by atoms with Gasteiger partial charge in [-0.15, -0.1) is 0 Å². The first kappa shape index (κ1) is 15.2. The van der Waals surface area contributed by atoms with E-state index in [0.717, 1.165) is 16.2 Å².